The van der Waals surface area contributed by atoms with Gasteiger partial charge in [0.2, 0.25) is 5.78 Å². The maximum Gasteiger partial charge on any atom is 0.202 e. The van der Waals surface area contributed by atoms with Crippen LogP contribution in [0, 0.1) is 0 Å². The Bertz CT molecular complexity index is 1100. The van der Waals surface area contributed by atoms with E-state index in [-0.39, 0.29) is 22.8 Å². The lowest BCUT2D eigenvalue weighted by atomic mass is 9.86. The average Bonchev–Trinajstić information content (AvgIpc) is 2.80. The van der Waals surface area contributed by atoms with Gasteiger partial charge in [0.05, 0.1) is 19.3 Å². The molecule has 12 heteroatoms. The zero-order chi connectivity index (χ0) is 24.9. The topological polar surface area (TPSA) is 207 Å². The van der Waals surface area contributed by atoms with E-state index >= 15 is 0 Å². The molecule has 184 valence electrons. The molecule has 2 aromatic carbocycles. The molecule has 0 spiro atoms. The first kappa shape index (κ1) is 24.0. The highest BCUT2D eigenvalue weighted by Gasteiger charge is 2.48. The largest absolute Gasteiger partial charge is 0.507 e. The predicted molar refractivity (Wildman–Crippen MR) is 111 cm³/mol. The predicted octanol–water partition coefficient (Wildman–Crippen LogP) is -0.996. The second-order valence-electron chi connectivity index (χ2n) is 8.06. The van der Waals surface area contributed by atoms with E-state index in [9.17, 15) is 45.6 Å². The van der Waals surface area contributed by atoms with Gasteiger partial charge in [0, 0.05) is 6.07 Å². The van der Waals surface area contributed by atoms with E-state index in [1.165, 1.54) is 25.3 Å². The van der Waals surface area contributed by atoms with Crippen LogP contribution in [0.3, 0.4) is 0 Å². The van der Waals surface area contributed by atoms with Crippen LogP contribution >= 0.6 is 0 Å². The quantitative estimate of drug-likeness (QED) is 0.265. The van der Waals surface area contributed by atoms with Crippen molar-refractivity contribution in [3.63, 3.8) is 0 Å². The smallest absolute Gasteiger partial charge is 0.202 e. The lowest BCUT2D eigenvalue weighted by molar-refractivity contribution is -0.232. The standard InChI is InChI=1S/C22H24O12/c1-32-10-3-2-7(4-8(10)24)21-19(30)17(28)14-11(33-21)5-9(25)13(16(14)27)22-20(31)18(29)15(26)12(6-23)34-22/h2-5,12,15,18-27,29-31H,6H2,1H3. The summed E-state index contributed by atoms with van der Waals surface area (Å²) < 4.78 is 16.0. The molecule has 1 saturated heterocycles. The molecule has 12 nitrogen and oxygen atoms in total. The summed E-state index contributed by atoms with van der Waals surface area (Å²) in [5.41, 5.74) is -0.798. The van der Waals surface area contributed by atoms with Crippen LogP contribution in [0.15, 0.2) is 24.3 Å². The maximum atomic E-state index is 13.0. The zero-order valence-corrected chi connectivity index (χ0v) is 17.8. The number of phenols is 3. The fourth-order valence-electron chi connectivity index (χ4n) is 4.22. The molecule has 7 atom stereocenters. The van der Waals surface area contributed by atoms with Crippen molar-refractivity contribution in [2.75, 3.05) is 13.7 Å². The third kappa shape index (κ3) is 3.70. The first-order valence-corrected chi connectivity index (χ1v) is 10.3. The highest BCUT2D eigenvalue weighted by Crippen LogP contribution is 2.49. The number of carbonyl (C=O) groups excluding carboxylic acids is 1. The minimum Gasteiger partial charge on any atom is -0.507 e. The molecular formula is C22H24O12. The summed E-state index contributed by atoms with van der Waals surface area (Å²) in [7, 11) is 1.35. The Morgan fingerprint density at radius 3 is 2.26 bits per heavy atom. The van der Waals surface area contributed by atoms with Crippen LogP contribution < -0.4 is 9.47 Å². The number of ether oxygens (including phenoxy) is 3. The minimum atomic E-state index is -1.84. The Kier molecular flexibility index (Phi) is 6.29. The van der Waals surface area contributed by atoms with Gasteiger partial charge in [-0.1, -0.05) is 6.07 Å². The van der Waals surface area contributed by atoms with Crippen molar-refractivity contribution in [3.8, 4) is 28.7 Å². The SMILES string of the molecule is COc1ccc(C2Oc3cc(O)c(C4OC(CO)C(O)C(O)C4O)c(O)c3C(=O)C2O)cc1O. The molecule has 2 aromatic rings. The molecule has 2 aliphatic rings. The van der Waals surface area contributed by atoms with E-state index in [0.29, 0.717) is 0 Å². The number of carbonyl (C=O) groups is 1. The van der Waals surface area contributed by atoms with Crippen LogP contribution in [0.2, 0.25) is 0 Å². The van der Waals surface area contributed by atoms with E-state index in [1.807, 2.05) is 0 Å². The average molecular weight is 480 g/mol. The van der Waals surface area contributed by atoms with Crippen LogP contribution in [0.4, 0.5) is 0 Å². The first-order chi connectivity index (χ1) is 16.1. The summed E-state index contributed by atoms with van der Waals surface area (Å²) in [5.74, 6) is -2.94. The number of benzene rings is 2. The molecule has 7 unspecified atom stereocenters. The molecule has 2 heterocycles. The molecule has 0 amide bonds. The van der Waals surface area contributed by atoms with Crippen molar-refractivity contribution < 1.29 is 59.9 Å². The Hall–Kier alpha value is -3.13. The summed E-state index contributed by atoms with van der Waals surface area (Å²) in [5, 5.41) is 81.8. The number of phenolic OH excluding ortho intramolecular Hbond substituents is 3. The van der Waals surface area contributed by atoms with Gasteiger partial charge in [-0.25, -0.2) is 0 Å². The third-order valence-corrected chi connectivity index (χ3v) is 6.05. The van der Waals surface area contributed by atoms with Crippen molar-refractivity contribution in [2.24, 2.45) is 0 Å². The molecule has 4 rings (SSSR count). The van der Waals surface area contributed by atoms with Crippen molar-refractivity contribution >= 4 is 5.78 Å². The van der Waals surface area contributed by atoms with E-state index in [1.54, 1.807) is 0 Å². The highest BCUT2D eigenvalue weighted by atomic mass is 16.5. The molecule has 0 radical (unpaired) electrons. The summed E-state index contributed by atoms with van der Waals surface area (Å²) in [6.45, 7) is -0.745. The van der Waals surface area contributed by atoms with Gasteiger partial charge < -0.3 is 55.1 Å². The summed E-state index contributed by atoms with van der Waals surface area (Å²) >= 11 is 0. The fraction of sp³-hybridized carbons (Fsp3) is 0.409. The maximum absolute atomic E-state index is 13.0. The van der Waals surface area contributed by atoms with Crippen LogP contribution in [0.5, 0.6) is 28.7 Å². The number of hydrogen-bond donors (Lipinski definition) is 8. The van der Waals surface area contributed by atoms with E-state index < -0.39 is 77.7 Å². The van der Waals surface area contributed by atoms with Crippen LogP contribution in [-0.2, 0) is 4.74 Å². The fourth-order valence-corrected chi connectivity index (χ4v) is 4.22. The first-order valence-electron chi connectivity index (χ1n) is 10.3. The summed E-state index contributed by atoms with van der Waals surface area (Å²) in [6, 6.07) is 5.05. The molecule has 0 saturated carbocycles. The number of hydrogen-bond acceptors (Lipinski definition) is 12. The van der Waals surface area contributed by atoms with Gasteiger partial charge in [-0.15, -0.1) is 0 Å². The lowest BCUT2D eigenvalue weighted by Gasteiger charge is -2.41. The monoisotopic (exact) mass is 480 g/mol. The molecular weight excluding hydrogens is 456 g/mol. The number of aliphatic hydroxyl groups is 5. The molecule has 8 N–H and O–H groups in total. The Morgan fingerprint density at radius 2 is 1.65 bits per heavy atom. The van der Waals surface area contributed by atoms with Crippen molar-refractivity contribution in [1.82, 2.24) is 0 Å². The highest BCUT2D eigenvalue weighted by molar-refractivity contribution is 6.06. The number of aromatic hydroxyl groups is 3. The van der Waals surface area contributed by atoms with Crippen molar-refractivity contribution in [2.45, 2.75) is 42.7 Å². The molecule has 2 aliphatic heterocycles. The minimum absolute atomic E-state index is 0.153. The molecule has 0 aromatic heterocycles. The van der Waals surface area contributed by atoms with E-state index in [4.69, 9.17) is 14.2 Å². The molecule has 34 heavy (non-hydrogen) atoms. The van der Waals surface area contributed by atoms with E-state index in [0.717, 1.165) is 6.07 Å². The van der Waals surface area contributed by atoms with Gasteiger partial charge >= 0.3 is 0 Å². The number of aliphatic hydroxyl groups excluding tert-OH is 5. The summed E-state index contributed by atoms with van der Waals surface area (Å²) in [4.78, 5) is 13.0. The normalized spacial score (nSPS) is 31.0. The third-order valence-electron chi connectivity index (χ3n) is 6.05. The molecule has 1 fully saturated rings. The Morgan fingerprint density at radius 1 is 0.941 bits per heavy atom. The van der Waals surface area contributed by atoms with Gasteiger partial charge in [0.15, 0.2) is 23.7 Å². The van der Waals surface area contributed by atoms with Gasteiger partial charge in [0.25, 0.3) is 0 Å². The van der Waals surface area contributed by atoms with Crippen LogP contribution in [0.25, 0.3) is 0 Å². The van der Waals surface area contributed by atoms with Crippen molar-refractivity contribution in [1.29, 1.82) is 0 Å². The van der Waals surface area contributed by atoms with Crippen molar-refractivity contribution in [3.05, 3.63) is 41.0 Å². The number of rotatable bonds is 4. The molecule has 0 bridgehead atoms. The van der Waals surface area contributed by atoms with Gasteiger partial charge in [0.1, 0.15) is 53.3 Å². The molecule has 0 aliphatic carbocycles. The van der Waals surface area contributed by atoms with Gasteiger partial charge in [-0.05, 0) is 17.7 Å². The second kappa shape index (κ2) is 8.91. The van der Waals surface area contributed by atoms with Gasteiger partial charge in [-0.3, -0.25) is 4.79 Å². The summed E-state index contributed by atoms with van der Waals surface area (Å²) in [6.07, 6.45) is -11.4. The number of methoxy groups -OCH3 is 1. The number of ketones is 1. The van der Waals surface area contributed by atoms with Crippen LogP contribution in [0.1, 0.15) is 33.7 Å². The second-order valence-corrected chi connectivity index (χ2v) is 8.06. The van der Waals surface area contributed by atoms with E-state index in [2.05, 4.69) is 0 Å². The van der Waals surface area contributed by atoms with Crippen LogP contribution in [-0.4, -0.2) is 90.9 Å². The lowest BCUT2D eigenvalue weighted by Crippen LogP contribution is -2.55. The van der Waals surface area contributed by atoms with Gasteiger partial charge in [-0.2, -0.15) is 0 Å². The Labute approximate surface area is 192 Å². The number of Topliss-reactive ketones (excluding diaryl/α,β-unsaturated/α-hetero) is 1. The Balaban J connectivity index is 1.75. The number of fused-ring (bicyclic) bond motifs is 1. The zero-order valence-electron chi connectivity index (χ0n) is 17.8.